The molecule has 0 spiro atoms. The van der Waals surface area contributed by atoms with E-state index in [9.17, 15) is 9.18 Å². The number of hydrogen-bond donors (Lipinski definition) is 2. The Hall–Kier alpha value is -3.28. The van der Waals surface area contributed by atoms with Gasteiger partial charge in [0.25, 0.3) is 5.91 Å². The smallest absolute Gasteiger partial charge is 0.270 e. The first-order chi connectivity index (χ1) is 12.2. The summed E-state index contributed by atoms with van der Waals surface area (Å²) in [5.41, 5.74) is 1.76. The molecule has 6 heteroatoms. The van der Waals surface area contributed by atoms with Crippen molar-refractivity contribution in [1.82, 2.24) is 15.3 Å². The van der Waals surface area contributed by atoms with E-state index in [0.717, 1.165) is 5.56 Å². The van der Waals surface area contributed by atoms with E-state index >= 15 is 0 Å². The van der Waals surface area contributed by atoms with E-state index in [1.165, 1.54) is 18.3 Å². The molecule has 0 unspecified atom stereocenters. The van der Waals surface area contributed by atoms with Crippen molar-refractivity contribution in [2.24, 2.45) is 0 Å². The summed E-state index contributed by atoms with van der Waals surface area (Å²) in [6.45, 7) is 0.656. The number of aromatic nitrogens is 2. The third-order valence-corrected chi connectivity index (χ3v) is 3.58. The molecule has 2 aromatic carbocycles. The molecule has 1 aromatic heterocycles. The van der Waals surface area contributed by atoms with Crippen LogP contribution in [0.5, 0.6) is 0 Å². The molecule has 0 saturated carbocycles. The van der Waals surface area contributed by atoms with E-state index in [2.05, 4.69) is 20.6 Å². The van der Waals surface area contributed by atoms with Gasteiger partial charge in [-0.3, -0.25) is 4.79 Å². The number of rotatable bonds is 6. The molecule has 25 heavy (non-hydrogen) atoms. The molecule has 3 rings (SSSR count). The molecular weight excluding hydrogens is 319 g/mol. The molecule has 0 bridgehead atoms. The van der Waals surface area contributed by atoms with Crippen LogP contribution in [0, 0.1) is 5.82 Å². The minimum atomic E-state index is -0.299. The van der Waals surface area contributed by atoms with Crippen LogP contribution < -0.4 is 10.6 Å². The molecule has 0 saturated heterocycles. The van der Waals surface area contributed by atoms with Gasteiger partial charge in [0, 0.05) is 24.8 Å². The fourth-order valence-corrected chi connectivity index (χ4v) is 2.26. The summed E-state index contributed by atoms with van der Waals surface area (Å²) < 4.78 is 13.6. The van der Waals surface area contributed by atoms with Crippen LogP contribution in [-0.2, 0) is 13.1 Å². The Morgan fingerprint density at radius 2 is 1.72 bits per heavy atom. The summed E-state index contributed by atoms with van der Waals surface area (Å²) >= 11 is 0. The molecule has 2 N–H and O–H groups in total. The van der Waals surface area contributed by atoms with Gasteiger partial charge in [-0.1, -0.05) is 48.5 Å². The number of halogens is 1. The highest BCUT2D eigenvalue weighted by Gasteiger charge is 2.09. The van der Waals surface area contributed by atoms with Gasteiger partial charge in [0.2, 0.25) is 5.95 Å². The highest BCUT2D eigenvalue weighted by Crippen LogP contribution is 2.09. The van der Waals surface area contributed by atoms with Crippen LogP contribution in [0.1, 0.15) is 21.6 Å². The van der Waals surface area contributed by atoms with Crippen molar-refractivity contribution in [3.63, 3.8) is 0 Å². The SMILES string of the molecule is O=C(NCc1ccccc1)c1ccnc(NCc2ccccc2F)n1. The zero-order chi connectivity index (χ0) is 17.5. The second kappa shape index (κ2) is 8.01. The van der Waals surface area contributed by atoms with Crippen LogP contribution >= 0.6 is 0 Å². The molecule has 3 aromatic rings. The van der Waals surface area contributed by atoms with Crippen molar-refractivity contribution in [2.75, 3.05) is 5.32 Å². The average Bonchev–Trinajstić information content (AvgIpc) is 2.66. The van der Waals surface area contributed by atoms with Gasteiger partial charge in [-0.15, -0.1) is 0 Å². The third kappa shape index (κ3) is 4.60. The van der Waals surface area contributed by atoms with E-state index in [1.807, 2.05) is 30.3 Å². The monoisotopic (exact) mass is 336 g/mol. The predicted molar refractivity (Wildman–Crippen MR) is 93.4 cm³/mol. The van der Waals surface area contributed by atoms with Crippen LogP contribution in [0.3, 0.4) is 0 Å². The van der Waals surface area contributed by atoms with Gasteiger partial charge in [0.15, 0.2) is 0 Å². The molecule has 0 aliphatic carbocycles. The number of carbonyl (C=O) groups excluding carboxylic acids is 1. The quantitative estimate of drug-likeness (QED) is 0.726. The zero-order valence-electron chi connectivity index (χ0n) is 13.4. The number of carbonyl (C=O) groups is 1. The Kier molecular flexibility index (Phi) is 5.31. The lowest BCUT2D eigenvalue weighted by molar-refractivity contribution is 0.0946. The number of benzene rings is 2. The molecule has 5 nitrogen and oxygen atoms in total. The second-order valence-electron chi connectivity index (χ2n) is 5.38. The Bertz CT molecular complexity index is 855. The van der Waals surface area contributed by atoms with Crippen LogP contribution in [0.15, 0.2) is 66.9 Å². The van der Waals surface area contributed by atoms with Gasteiger partial charge < -0.3 is 10.6 Å². The van der Waals surface area contributed by atoms with Crippen molar-refractivity contribution >= 4 is 11.9 Å². The maximum atomic E-state index is 13.6. The highest BCUT2D eigenvalue weighted by atomic mass is 19.1. The minimum absolute atomic E-state index is 0.238. The van der Waals surface area contributed by atoms with Gasteiger partial charge in [-0.2, -0.15) is 0 Å². The first-order valence-corrected chi connectivity index (χ1v) is 7.85. The largest absolute Gasteiger partial charge is 0.350 e. The standard InChI is InChI=1S/C19H17FN4O/c20-16-9-5-4-8-15(16)13-23-19-21-11-10-17(24-19)18(25)22-12-14-6-2-1-3-7-14/h1-11H,12-13H2,(H,22,25)(H,21,23,24). The Labute approximate surface area is 145 Å². The van der Waals surface area contributed by atoms with Crippen molar-refractivity contribution in [3.05, 3.63) is 89.5 Å². The summed E-state index contributed by atoms with van der Waals surface area (Å²) in [6, 6.07) is 17.6. The van der Waals surface area contributed by atoms with E-state index in [0.29, 0.717) is 12.1 Å². The predicted octanol–water partition coefficient (Wildman–Crippen LogP) is 3.16. The van der Waals surface area contributed by atoms with Gasteiger partial charge in [-0.25, -0.2) is 14.4 Å². The summed E-state index contributed by atoms with van der Waals surface area (Å²) in [5, 5.41) is 5.74. The fourth-order valence-electron chi connectivity index (χ4n) is 2.26. The molecule has 1 amide bonds. The first kappa shape index (κ1) is 16.6. The lowest BCUT2D eigenvalue weighted by atomic mass is 10.2. The minimum Gasteiger partial charge on any atom is -0.350 e. The molecular formula is C19H17FN4O. The topological polar surface area (TPSA) is 66.9 Å². The summed E-state index contributed by atoms with van der Waals surface area (Å²) in [7, 11) is 0. The van der Waals surface area contributed by atoms with Gasteiger partial charge in [0.05, 0.1) is 0 Å². The molecule has 0 fully saturated rings. The Morgan fingerprint density at radius 1 is 0.960 bits per heavy atom. The molecule has 0 aliphatic rings. The number of nitrogens with zero attached hydrogens (tertiary/aromatic N) is 2. The second-order valence-corrected chi connectivity index (χ2v) is 5.38. The normalized spacial score (nSPS) is 10.3. The van der Waals surface area contributed by atoms with Gasteiger partial charge >= 0.3 is 0 Å². The van der Waals surface area contributed by atoms with Crippen LogP contribution in [-0.4, -0.2) is 15.9 Å². The van der Waals surface area contributed by atoms with E-state index in [4.69, 9.17) is 0 Å². The number of nitrogens with one attached hydrogen (secondary N) is 2. The van der Waals surface area contributed by atoms with Crippen LogP contribution in [0.2, 0.25) is 0 Å². The summed E-state index contributed by atoms with van der Waals surface area (Å²) in [5.74, 6) is -0.317. The zero-order valence-corrected chi connectivity index (χ0v) is 13.4. The maximum Gasteiger partial charge on any atom is 0.270 e. The molecule has 0 aliphatic heterocycles. The van der Waals surface area contributed by atoms with E-state index in [1.54, 1.807) is 18.2 Å². The van der Waals surface area contributed by atoms with E-state index in [-0.39, 0.29) is 29.9 Å². The molecule has 0 atom stereocenters. The fraction of sp³-hybridized carbons (Fsp3) is 0.105. The van der Waals surface area contributed by atoms with Crippen molar-refractivity contribution in [1.29, 1.82) is 0 Å². The van der Waals surface area contributed by atoms with Crippen molar-refractivity contribution < 1.29 is 9.18 Å². The van der Waals surface area contributed by atoms with Gasteiger partial charge in [-0.05, 0) is 17.7 Å². The van der Waals surface area contributed by atoms with Crippen LogP contribution in [0.25, 0.3) is 0 Å². The third-order valence-electron chi connectivity index (χ3n) is 3.58. The van der Waals surface area contributed by atoms with Gasteiger partial charge in [0.1, 0.15) is 11.5 Å². The first-order valence-electron chi connectivity index (χ1n) is 7.85. The number of amides is 1. The number of anilines is 1. The van der Waals surface area contributed by atoms with Crippen molar-refractivity contribution in [3.8, 4) is 0 Å². The Morgan fingerprint density at radius 3 is 2.52 bits per heavy atom. The lowest BCUT2D eigenvalue weighted by Gasteiger charge is -2.08. The maximum absolute atomic E-state index is 13.6. The summed E-state index contributed by atoms with van der Waals surface area (Å²) in [4.78, 5) is 20.4. The molecule has 1 heterocycles. The molecule has 126 valence electrons. The number of hydrogen-bond acceptors (Lipinski definition) is 4. The lowest BCUT2D eigenvalue weighted by Crippen LogP contribution is -2.24. The van der Waals surface area contributed by atoms with E-state index < -0.39 is 0 Å². The summed E-state index contributed by atoms with van der Waals surface area (Å²) in [6.07, 6.45) is 1.49. The Balaban J connectivity index is 1.61. The average molecular weight is 336 g/mol. The van der Waals surface area contributed by atoms with Crippen molar-refractivity contribution in [2.45, 2.75) is 13.1 Å². The van der Waals surface area contributed by atoms with Crippen LogP contribution in [0.4, 0.5) is 10.3 Å². The molecule has 0 radical (unpaired) electrons. The highest BCUT2D eigenvalue weighted by molar-refractivity contribution is 5.92.